The molecule has 1 atom stereocenters. The molecular formula is C12H14ClN5O3. The normalized spacial score (nSPS) is 17.8. The number of fused-ring (bicyclic) bond motifs is 1. The topological polar surface area (TPSA) is 118 Å². The highest BCUT2D eigenvalue weighted by Gasteiger charge is 2.27. The van der Waals surface area contributed by atoms with Gasteiger partial charge in [0.2, 0.25) is 0 Å². The fraction of sp³-hybridized carbons (Fsp3) is 0.333. The molecule has 0 spiro atoms. The fourth-order valence-corrected chi connectivity index (χ4v) is 2.40. The van der Waals surface area contributed by atoms with E-state index in [1.54, 1.807) is 11.0 Å². The van der Waals surface area contributed by atoms with Crippen molar-refractivity contribution < 1.29 is 9.72 Å². The summed E-state index contributed by atoms with van der Waals surface area (Å²) >= 11 is 0. The van der Waals surface area contributed by atoms with Crippen LogP contribution in [0.25, 0.3) is 10.9 Å². The Morgan fingerprint density at radius 1 is 1.52 bits per heavy atom. The van der Waals surface area contributed by atoms with Crippen LogP contribution in [0.3, 0.4) is 0 Å². The zero-order valence-corrected chi connectivity index (χ0v) is 11.8. The van der Waals surface area contributed by atoms with Crippen LogP contribution in [0.2, 0.25) is 0 Å². The average Bonchev–Trinajstić information content (AvgIpc) is 3.03. The van der Waals surface area contributed by atoms with E-state index in [1.807, 2.05) is 0 Å². The smallest absolute Gasteiger partial charge is 0.275 e. The van der Waals surface area contributed by atoms with E-state index < -0.39 is 4.92 Å². The van der Waals surface area contributed by atoms with Crippen molar-refractivity contribution in [2.45, 2.75) is 12.5 Å². The van der Waals surface area contributed by atoms with Gasteiger partial charge < -0.3 is 10.6 Å². The Kier molecular flexibility index (Phi) is 4.10. The minimum atomic E-state index is -0.494. The highest BCUT2D eigenvalue weighted by atomic mass is 35.5. The van der Waals surface area contributed by atoms with E-state index in [4.69, 9.17) is 5.73 Å². The zero-order chi connectivity index (χ0) is 14.3. The first-order chi connectivity index (χ1) is 9.56. The standard InChI is InChI=1S/C12H13N5O3.ClH/c13-7-3-4-16(6-7)12(18)11-9-5-8(17(19)20)1-2-10(9)14-15-11;/h1-2,5,7H,3-4,6,13H2,(H,14,15);1H/t7-;/m1./s1. The van der Waals surface area contributed by atoms with Crippen LogP contribution in [0, 0.1) is 10.1 Å². The number of likely N-dealkylation sites (tertiary alicyclic amines) is 1. The predicted molar refractivity (Wildman–Crippen MR) is 78.5 cm³/mol. The molecule has 112 valence electrons. The molecule has 21 heavy (non-hydrogen) atoms. The lowest BCUT2D eigenvalue weighted by Crippen LogP contribution is -2.32. The number of amides is 1. The Hall–Kier alpha value is -2.19. The minimum Gasteiger partial charge on any atom is -0.336 e. The lowest BCUT2D eigenvalue weighted by Gasteiger charge is -2.13. The summed E-state index contributed by atoms with van der Waals surface area (Å²) in [4.78, 5) is 24.3. The zero-order valence-electron chi connectivity index (χ0n) is 11.0. The summed E-state index contributed by atoms with van der Waals surface area (Å²) in [6, 6.07) is 4.27. The number of rotatable bonds is 2. The molecule has 9 heteroatoms. The number of hydrogen-bond donors (Lipinski definition) is 2. The van der Waals surface area contributed by atoms with Gasteiger partial charge >= 0.3 is 0 Å². The summed E-state index contributed by atoms with van der Waals surface area (Å²) in [6.45, 7) is 1.07. The summed E-state index contributed by atoms with van der Waals surface area (Å²) in [7, 11) is 0. The van der Waals surface area contributed by atoms with Crippen LogP contribution in [0.4, 0.5) is 5.69 Å². The first-order valence-corrected chi connectivity index (χ1v) is 6.23. The average molecular weight is 312 g/mol. The Bertz CT molecular complexity index is 701. The van der Waals surface area contributed by atoms with E-state index in [-0.39, 0.29) is 35.7 Å². The van der Waals surface area contributed by atoms with Crippen molar-refractivity contribution in [3.63, 3.8) is 0 Å². The Labute approximate surface area is 125 Å². The Morgan fingerprint density at radius 3 is 2.90 bits per heavy atom. The van der Waals surface area contributed by atoms with Crippen LogP contribution in [0.1, 0.15) is 16.9 Å². The molecule has 3 N–H and O–H groups in total. The second-order valence-corrected chi connectivity index (χ2v) is 4.86. The van der Waals surface area contributed by atoms with Gasteiger partial charge in [0.1, 0.15) is 0 Å². The highest BCUT2D eigenvalue weighted by Crippen LogP contribution is 2.23. The van der Waals surface area contributed by atoms with Gasteiger partial charge in [-0.15, -0.1) is 12.4 Å². The third-order valence-electron chi connectivity index (χ3n) is 3.47. The summed E-state index contributed by atoms with van der Waals surface area (Å²) < 4.78 is 0. The molecule has 0 bridgehead atoms. The molecule has 1 amide bonds. The number of aromatic nitrogens is 2. The molecule has 2 aromatic rings. The number of nitrogens with two attached hydrogens (primary N) is 1. The van der Waals surface area contributed by atoms with Crippen LogP contribution in [0.15, 0.2) is 18.2 Å². The number of non-ortho nitro benzene ring substituents is 1. The van der Waals surface area contributed by atoms with Crippen LogP contribution >= 0.6 is 12.4 Å². The molecule has 0 radical (unpaired) electrons. The Morgan fingerprint density at radius 2 is 2.29 bits per heavy atom. The van der Waals surface area contributed by atoms with Crippen molar-refractivity contribution in [2.24, 2.45) is 5.73 Å². The van der Waals surface area contributed by atoms with Gasteiger partial charge in [0.25, 0.3) is 11.6 Å². The van der Waals surface area contributed by atoms with Crippen molar-refractivity contribution in [1.82, 2.24) is 15.1 Å². The quantitative estimate of drug-likeness (QED) is 0.635. The van der Waals surface area contributed by atoms with E-state index in [0.717, 1.165) is 6.42 Å². The second kappa shape index (κ2) is 5.66. The summed E-state index contributed by atoms with van der Waals surface area (Å²) in [5, 5.41) is 18.0. The molecule has 0 unspecified atom stereocenters. The van der Waals surface area contributed by atoms with Gasteiger partial charge in [-0.1, -0.05) is 0 Å². The van der Waals surface area contributed by atoms with Gasteiger partial charge in [-0.2, -0.15) is 5.10 Å². The van der Waals surface area contributed by atoms with E-state index >= 15 is 0 Å². The van der Waals surface area contributed by atoms with Gasteiger partial charge in [-0.25, -0.2) is 0 Å². The first-order valence-electron chi connectivity index (χ1n) is 6.23. The molecule has 1 aromatic carbocycles. The van der Waals surface area contributed by atoms with Gasteiger partial charge in [-0.3, -0.25) is 20.0 Å². The lowest BCUT2D eigenvalue weighted by molar-refractivity contribution is -0.384. The van der Waals surface area contributed by atoms with E-state index in [9.17, 15) is 14.9 Å². The van der Waals surface area contributed by atoms with Crippen LogP contribution in [-0.4, -0.2) is 45.1 Å². The summed E-state index contributed by atoms with van der Waals surface area (Å²) in [5.41, 5.74) is 6.52. The second-order valence-electron chi connectivity index (χ2n) is 4.86. The van der Waals surface area contributed by atoms with Crippen LogP contribution in [-0.2, 0) is 0 Å². The maximum atomic E-state index is 12.4. The molecule has 3 rings (SSSR count). The van der Waals surface area contributed by atoms with Gasteiger partial charge in [0.05, 0.1) is 10.4 Å². The van der Waals surface area contributed by atoms with E-state index in [1.165, 1.54) is 12.1 Å². The number of nitro benzene ring substituents is 1. The molecular weight excluding hydrogens is 298 g/mol. The number of nitrogens with zero attached hydrogens (tertiary/aromatic N) is 3. The number of halogens is 1. The highest BCUT2D eigenvalue weighted by molar-refractivity contribution is 6.05. The molecule has 1 fully saturated rings. The summed E-state index contributed by atoms with van der Waals surface area (Å²) in [5.74, 6) is -0.246. The number of nitro groups is 1. The van der Waals surface area contributed by atoms with Crippen molar-refractivity contribution in [1.29, 1.82) is 0 Å². The Balaban J connectivity index is 0.00000161. The largest absolute Gasteiger partial charge is 0.336 e. The number of H-pyrrole nitrogens is 1. The number of benzene rings is 1. The monoisotopic (exact) mass is 311 g/mol. The molecule has 0 saturated carbocycles. The molecule has 0 aliphatic carbocycles. The summed E-state index contributed by atoms with van der Waals surface area (Å²) in [6.07, 6.45) is 0.758. The molecule has 1 saturated heterocycles. The number of aromatic amines is 1. The third kappa shape index (κ3) is 2.67. The number of carbonyl (C=O) groups is 1. The fourth-order valence-electron chi connectivity index (χ4n) is 2.40. The van der Waals surface area contributed by atoms with Gasteiger partial charge in [0, 0.05) is 36.7 Å². The molecule has 8 nitrogen and oxygen atoms in total. The van der Waals surface area contributed by atoms with Crippen molar-refractivity contribution in [2.75, 3.05) is 13.1 Å². The third-order valence-corrected chi connectivity index (χ3v) is 3.47. The molecule has 1 aliphatic rings. The van der Waals surface area contributed by atoms with Crippen molar-refractivity contribution >= 4 is 34.9 Å². The van der Waals surface area contributed by atoms with Crippen LogP contribution < -0.4 is 5.73 Å². The minimum absolute atomic E-state index is 0. The number of nitrogens with one attached hydrogen (secondary N) is 1. The predicted octanol–water partition coefficient (Wildman–Crippen LogP) is 1.07. The lowest BCUT2D eigenvalue weighted by atomic mass is 10.2. The molecule has 1 aromatic heterocycles. The SMILES string of the molecule is Cl.N[C@@H]1CCN(C(=O)c2n[nH]c3ccc([N+](=O)[O-])cc23)C1. The molecule has 1 aliphatic heterocycles. The van der Waals surface area contributed by atoms with E-state index in [2.05, 4.69) is 10.2 Å². The van der Waals surface area contributed by atoms with Crippen molar-refractivity contribution in [3.05, 3.63) is 34.0 Å². The van der Waals surface area contributed by atoms with Crippen molar-refractivity contribution in [3.8, 4) is 0 Å². The van der Waals surface area contributed by atoms with Gasteiger partial charge in [0.15, 0.2) is 5.69 Å². The molecule has 2 heterocycles. The first kappa shape index (κ1) is 15.2. The van der Waals surface area contributed by atoms with E-state index in [0.29, 0.717) is 24.0 Å². The maximum absolute atomic E-state index is 12.4. The van der Waals surface area contributed by atoms with Gasteiger partial charge in [-0.05, 0) is 12.5 Å². The van der Waals surface area contributed by atoms with Crippen LogP contribution in [0.5, 0.6) is 0 Å². The number of hydrogen-bond acceptors (Lipinski definition) is 5. The number of carbonyl (C=O) groups excluding carboxylic acids is 1. The maximum Gasteiger partial charge on any atom is 0.275 e.